The fourth-order valence-corrected chi connectivity index (χ4v) is 3.23. The molecule has 0 saturated carbocycles. The number of hydrogen-bond donors (Lipinski definition) is 0. The molecule has 3 aromatic rings. The number of nitrogens with zero attached hydrogens (tertiary/aromatic N) is 3. The molecule has 25 heavy (non-hydrogen) atoms. The molecular weight excluding hydrogens is 310 g/mol. The first kappa shape index (κ1) is 17.6. The summed E-state index contributed by atoms with van der Waals surface area (Å²) in [6.45, 7) is 7.90. The van der Waals surface area contributed by atoms with Gasteiger partial charge in [0.1, 0.15) is 5.52 Å². The molecule has 0 aliphatic carbocycles. The van der Waals surface area contributed by atoms with Gasteiger partial charge in [-0.3, -0.25) is 4.68 Å². The van der Waals surface area contributed by atoms with Gasteiger partial charge in [0, 0.05) is 19.3 Å². The average Bonchev–Trinajstić information content (AvgIpc) is 2.90. The van der Waals surface area contributed by atoms with Crippen LogP contribution in [0.4, 0.5) is 0 Å². The van der Waals surface area contributed by atoms with E-state index in [2.05, 4.69) is 39.0 Å². The second-order valence-electron chi connectivity index (χ2n) is 6.92. The van der Waals surface area contributed by atoms with Crippen LogP contribution < -0.4 is 0 Å². The number of pyridine rings is 1. The Kier molecular flexibility index (Phi) is 5.49. The molecule has 0 N–H and O–H groups in total. The summed E-state index contributed by atoms with van der Waals surface area (Å²) in [4.78, 5) is 4.76. The van der Waals surface area contributed by atoms with E-state index in [4.69, 9.17) is 14.8 Å². The van der Waals surface area contributed by atoms with Crippen molar-refractivity contribution in [1.29, 1.82) is 0 Å². The minimum absolute atomic E-state index is 0.460. The smallest absolute Gasteiger partial charge is 0.112 e. The number of aromatic nitrogens is 3. The van der Waals surface area contributed by atoms with Crippen molar-refractivity contribution < 1.29 is 4.74 Å². The summed E-state index contributed by atoms with van der Waals surface area (Å²) in [5, 5.41) is 4.73. The zero-order valence-corrected chi connectivity index (χ0v) is 15.6. The van der Waals surface area contributed by atoms with Crippen molar-refractivity contribution in [2.24, 2.45) is 7.05 Å². The lowest BCUT2D eigenvalue weighted by Gasteiger charge is -2.09. The lowest BCUT2D eigenvalue weighted by Crippen LogP contribution is -1.99. The Morgan fingerprint density at radius 1 is 1.16 bits per heavy atom. The quantitative estimate of drug-likeness (QED) is 0.594. The zero-order valence-electron chi connectivity index (χ0n) is 15.6. The molecule has 0 radical (unpaired) electrons. The van der Waals surface area contributed by atoms with Crippen LogP contribution in [0.15, 0.2) is 36.4 Å². The van der Waals surface area contributed by atoms with Crippen LogP contribution in [0.25, 0.3) is 11.0 Å². The van der Waals surface area contributed by atoms with Crippen molar-refractivity contribution in [3.8, 4) is 0 Å². The molecule has 0 atom stereocenters. The summed E-state index contributed by atoms with van der Waals surface area (Å²) in [5.74, 6) is 0.460. The first-order valence-corrected chi connectivity index (χ1v) is 9.01. The van der Waals surface area contributed by atoms with Crippen LogP contribution in [-0.2, 0) is 24.8 Å². The van der Waals surface area contributed by atoms with Crippen molar-refractivity contribution >= 4 is 11.0 Å². The Morgan fingerprint density at radius 3 is 2.64 bits per heavy atom. The summed E-state index contributed by atoms with van der Waals surface area (Å²) in [6, 6.07) is 12.5. The maximum absolute atomic E-state index is 5.79. The van der Waals surface area contributed by atoms with Crippen molar-refractivity contribution in [3.63, 3.8) is 0 Å². The zero-order chi connectivity index (χ0) is 17.8. The Balaban J connectivity index is 1.66. The molecule has 3 rings (SSSR count). The van der Waals surface area contributed by atoms with Crippen molar-refractivity contribution in [2.75, 3.05) is 6.61 Å². The molecule has 0 aliphatic rings. The molecule has 0 amide bonds. The second-order valence-corrected chi connectivity index (χ2v) is 6.92. The maximum Gasteiger partial charge on any atom is 0.112 e. The summed E-state index contributed by atoms with van der Waals surface area (Å²) in [5.41, 5.74) is 6.89. The van der Waals surface area contributed by atoms with E-state index < -0.39 is 0 Å². The van der Waals surface area contributed by atoms with Gasteiger partial charge < -0.3 is 4.74 Å². The van der Waals surface area contributed by atoms with Crippen LogP contribution >= 0.6 is 0 Å². The van der Waals surface area contributed by atoms with Gasteiger partial charge in [0.15, 0.2) is 0 Å². The SMILES string of the molecule is Cc1cc(C(C)C)c2c(n1)c(CCCOCc1ccccc1)nn2C. The number of rotatable bonds is 7. The molecule has 2 heterocycles. The van der Waals surface area contributed by atoms with Crippen molar-refractivity contribution in [1.82, 2.24) is 14.8 Å². The van der Waals surface area contributed by atoms with Gasteiger partial charge in [-0.25, -0.2) is 4.98 Å². The maximum atomic E-state index is 5.79. The third-order valence-corrected chi connectivity index (χ3v) is 4.45. The van der Waals surface area contributed by atoms with E-state index in [0.717, 1.165) is 36.4 Å². The van der Waals surface area contributed by atoms with Gasteiger partial charge in [-0.1, -0.05) is 44.2 Å². The fraction of sp³-hybridized carbons (Fsp3) is 0.429. The average molecular weight is 337 g/mol. The molecule has 4 heteroatoms. The highest BCUT2D eigenvalue weighted by Crippen LogP contribution is 2.27. The van der Waals surface area contributed by atoms with Crippen molar-refractivity contribution in [2.45, 2.75) is 46.1 Å². The largest absolute Gasteiger partial charge is 0.377 e. The third-order valence-electron chi connectivity index (χ3n) is 4.45. The van der Waals surface area contributed by atoms with E-state index in [1.165, 1.54) is 16.6 Å². The van der Waals surface area contributed by atoms with Gasteiger partial charge in [0.2, 0.25) is 0 Å². The fourth-order valence-electron chi connectivity index (χ4n) is 3.23. The summed E-state index contributed by atoms with van der Waals surface area (Å²) < 4.78 is 7.77. The lowest BCUT2D eigenvalue weighted by atomic mass is 10.0. The number of aryl methyl sites for hydroxylation is 3. The van der Waals surface area contributed by atoms with Crippen molar-refractivity contribution in [3.05, 3.63) is 58.9 Å². The van der Waals surface area contributed by atoms with Crippen LogP contribution in [0.1, 0.15) is 48.7 Å². The second kappa shape index (κ2) is 7.79. The molecule has 4 nitrogen and oxygen atoms in total. The standard InChI is InChI=1S/C21H27N3O/c1-15(2)18-13-16(3)22-20-19(23-24(4)21(18)20)11-8-12-25-14-17-9-6-5-7-10-17/h5-7,9-10,13,15H,8,11-12,14H2,1-4H3. The minimum Gasteiger partial charge on any atom is -0.377 e. The predicted octanol–water partition coefficient (Wildman–Crippen LogP) is 4.55. The van der Waals surface area contributed by atoms with Crippen LogP contribution in [0.3, 0.4) is 0 Å². The molecule has 2 aromatic heterocycles. The van der Waals surface area contributed by atoms with Gasteiger partial charge >= 0.3 is 0 Å². The van der Waals surface area contributed by atoms with Gasteiger partial charge in [0.05, 0.1) is 17.8 Å². The number of hydrogen-bond acceptors (Lipinski definition) is 3. The number of benzene rings is 1. The molecule has 0 spiro atoms. The first-order valence-electron chi connectivity index (χ1n) is 9.01. The minimum atomic E-state index is 0.460. The van der Waals surface area contributed by atoms with Crippen LogP contribution in [-0.4, -0.2) is 21.4 Å². The van der Waals surface area contributed by atoms with Gasteiger partial charge in [-0.05, 0) is 42.9 Å². The highest BCUT2D eigenvalue weighted by molar-refractivity contribution is 5.81. The first-order chi connectivity index (χ1) is 12.1. The third kappa shape index (κ3) is 4.07. The Hall–Kier alpha value is -2.20. The highest BCUT2D eigenvalue weighted by Gasteiger charge is 2.16. The summed E-state index contributed by atoms with van der Waals surface area (Å²) in [6.07, 6.45) is 1.84. The van der Waals surface area contributed by atoms with Gasteiger partial charge in [-0.2, -0.15) is 5.10 Å². The van der Waals surface area contributed by atoms with E-state index in [1.807, 2.05) is 29.9 Å². The molecule has 0 saturated heterocycles. The molecule has 0 bridgehead atoms. The predicted molar refractivity (Wildman–Crippen MR) is 102 cm³/mol. The number of ether oxygens (including phenoxy) is 1. The van der Waals surface area contributed by atoms with E-state index in [0.29, 0.717) is 12.5 Å². The monoisotopic (exact) mass is 337 g/mol. The number of fused-ring (bicyclic) bond motifs is 1. The van der Waals surface area contributed by atoms with E-state index in [9.17, 15) is 0 Å². The lowest BCUT2D eigenvalue weighted by molar-refractivity contribution is 0.118. The van der Waals surface area contributed by atoms with E-state index >= 15 is 0 Å². The summed E-state index contributed by atoms with van der Waals surface area (Å²) in [7, 11) is 2.01. The Morgan fingerprint density at radius 2 is 1.92 bits per heavy atom. The topological polar surface area (TPSA) is 39.9 Å². The van der Waals surface area contributed by atoms with Gasteiger partial charge in [0.25, 0.3) is 0 Å². The summed E-state index contributed by atoms with van der Waals surface area (Å²) >= 11 is 0. The molecule has 132 valence electrons. The van der Waals surface area contributed by atoms with Crippen LogP contribution in [0.2, 0.25) is 0 Å². The van der Waals surface area contributed by atoms with Gasteiger partial charge in [-0.15, -0.1) is 0 Å². The van der Waals surface area contributed by atoms with Crippen LogP contribution in [0, 0.1) is 6.92 Å². The van der Waals surface area contributed by atoms with E-state index in [-0.39, 0.29) is 0 Å². The van der Waals surface area contributed by atoms with E-state index in [1.54, 1.807) is 0 Å². The van der Waals surface area contributed by atoms with Crippen LogP contribution in [0.5, 0.6) is 0 Å². The molecule has 0 fully saturated rings. The Labute approximate surface area is 149 Å². The molecule has 0 aliphatic heterocycles. The molecular formula is C21H27N3O. The molecule has 1 aromatic carbocycles. The highest BCUT2D eigenvalue weighted by atomic mass is 16.5. The Bertz CT molecular complexity index is 837. The molecule has 0 unspecified atom stereocenters. The normalized spacial score (nSPS) is 11.6.